The summed E-state index contributed by atoms with van der Waals surface area (Å²) in [4.78, 5) is 13.7. The SMILES string of the molecule is Cc1ccc(CN(C)C(=O)/C=C/c2ccc(-c3ccccc3F)o2)o1. The van der Waals surface area contributed by atoms with Gasteiger partial charge < -0.3 is 13.7 Å². The zero-order valence-corrected chi connectivity index (χ0v) is 14.0. The topological polar surface area (TPSA) is 46.6 Å². The maximum absolute atomic E-state index is 13.8. The third kappa shape index (κ3) is 4.07. The minimum atomic E-state index is -0.350. The molecule has 0 radical (unpaired) electrons. The van der Waals surface area contributed by atoms with Crippen LogP contribution in [-0.2, 0) is 11.3 Å². The van der Waals surface area contributed by atoms with Gasteiger partial charge in [-0.1, -0.05) is 12.1 Å². The molecule has 4 nitrogen and oxygen atoms in total. The van der Waals surface area contributed by atoms with Gasteiger partial charge in [-0.15, -0.1) is 0 Å². The summed E-state index contributed by atoms with van der Waals surface area (Å²) < 4.78 is 24.8. The van der Waals surface area contributed by atoms with Crippen molar-refractivity contribution in [2.24, 2.45) is 0 Å². The minimum Gasteiger partial charge on any atom is -0.464 e. The van der Waals surface area contributed by atoms with Crippen LogP contribution in [0.4, 0.5) is 4.39 Å². The predicted octanol–water partition coefficient (Wildman–Crippen LogP) is 4.66. The van der Waals surface area contributed by atoms with E-state index in [0.29, 0.717) is 23.6 Å². The Morgan fingerprint density at radius 3 is 2.64 bits per heavy atom. The molecule has 0 bridgehead atoms. The molecule has 0 aliphatic rings. The smallest absolute Gasteiger partial charge is 0.246 e. The summed E-state index contributed by atoms with van der Waals surface area (Å²) in [5, 5.41) is 0. The van der Waals surface area contributed by atoms with Crippen molar-refractivity contribution in [2.45, 2.75) is 13.5 Å². The van der Waals surface area contributed by atoms with Gasteiger partial charge in [-0.05, 0) is 49.4 Å². The molecule has 0 atom stereocenters. The zero-order chi connectivity index (χ0) is 17.8. The molecule has 0 saturated heterocycles. The van der Waals surface area contributed by atoms with E-state index in [1.807, 2.05) is 19.1 Å². The van der Waals surface area contributed by atoms with Crippen molar-refractivity contribution in [3.05, 3.63) is 77.7 Å². The van der Waals surface area contributed by atoms with Gasteiger partial charge in [-0.3, -0.25) is 4.79 Å². The van der Waals surface area contributed by atoms with Crippen LogP contribution >= 0.6 is 0 Å². The van der Waals surface area contributed by atoms with Crippen molar-refractivity contribution < 1.29 is 18.0 Å². The highest BCUT2D eigenvalue weighted by molar-refractivity contribution is 5.91. The summed E-state index contributed by atoms with van der Waals surface area (Å²) in [5.74, 6) is 1.90. The van der Waals surface area contributed by atoms with Crippen molar-refractivity contribution in [3.63, 3.8) is 0 Å². The van der Waals surface area contributed by atoms with Crippen LogP contribution in [0.25, 0.3) is 17.4 Å². The Balaban J connectivity index is 1.66. The fourth-order valence-electron chi connectivity index (χ4n) is 2.41. The monoisotopic (exact) mass is 339 g/mol. The maximum atomic E-state index is 13.8. The predicted molar refractivity (Wildman–Crippen MR) is 93.1 cm³/mol. The first-order valence-electron chi connectivity index (χ1n) is 7.86. The summed E-state index contributed by atoms with van der Waals surface area (Å²) in [7, 11) is 1.69. The van der Waals surface area contributed by atoms with E-state index in [0.717, 1.165) is 11.5 Å². The average Bonchev–Trinajstić information content (AvgIpc) is 3.22. The first-order chi connectivity index (χ1) is 12.0. The highest BCUT2D eigenvalue weighted by atomic mass is 19.1. The van der Waals surface area contributed by atoms with Crippen LogP contribution in [0.15, 0.2) is 63.4 Å². The van der Waals surface area contributed by atoms with Crippen molar-refractivity contribution in [2.75, 3.05) is 7.05 Å². The van der Waals surface area contributed by atoms with E-state index >= 15 is 0 Å². The van der Waals surface area contributed by atoms with Crippen LogP contribution in [-0.4, -0.2) is 17.9 Å². The lowest BCUT2D eigenvalue weighted by Crippen LogP contribution is -2.23. The molecular formula is C20H18FNO3. The molecule has 1 amide bonds. The average molecular weight is 339 g/mol. The second-order valence-electron chi connectivity index (χ2n) is 5.72. The molecule has 0 fully saturated rings. The number of amides is 1. The number of likely N-dealkylation sites (N-methyl/N-ethyl adjacent to an activating group) is 1. The quantitative estimate of drug-likeness (QED) is 0.635. The van der Waals surface area contributed by atoms with E-state index in [1.165, 1.54) is 17.0 Å². The highest BCUT2D eigenvalue weighted by Gasteiger charge is 2.10. The van der Waals surface area contributed by atoms with E-state index in [2.05, 4.69) is 0 Å². The molecule has 5 heteroatoms. The second-order valence-corrected chi connectivity index (χ2v) is 5.72. The highest BCUT2D eigenvalue weighted by Crippen LogP contribution is 2.25. The Hall–Kier alpha value is -3.08. The van der Waals surface area contributed by atoms with E-state index in [-0.39, 0.29) is 11.7 Å². The lowest BCUT2D eigenvalue weighted by Gasteiger charge is -2.12. The third-order valence-electron chi connectivity index (χ3n) is 3.72. The van der Waals surface area contributed by atoms with Crippen LogP contribution in [0, 0.1) is 12.7 Å². The largest absolute Gasteiger partial charge is 0.464 e. The Morgan fingerprint density at radius 1 is 1.12 bits per heavy atom. The Labute approximate surface area is 145 Å². The molecule has 0 spiro atoms. The molecule has 0 aliphatic carbocycles. The number of furan rings is 2. The molecule has 1 aromatic carbocycles. The Kier molecular flexibility index (Phi) is 4.84. The number of hydrogen-bond acceptors (Lipinski definition) is 3. The fraction of sp³-hybridized carbons (Fsp3) is 0.150. The second kappa shape index (κ2) is 7.21. The Bertz CT molecular complexity index is 907. The van der Waals surface area contributed by atoms with Gasteiger partial charge in [0.15, 0.2) is 0 Å². The van der Waals surface area contributed by atoms with Gasteiger partial charge in [0.1, 0.15) is 28.9 Å². The number of rotatable bonds is 5. The number of benzene rings is 1. The van der Waals surface area contributed by atoms with Gasteiger partial charge in [0.2, 0.25) is 5.91 Å². The van der Waals surface area contributed by atoms with Gasteiger partial charge in [0.25, 0.3) is 0 Å². The van der Waals surface area contributed by atoms with Gasteiger partial charge in [0, 0.05) is 13.1 Å². The number of aryl methyl sites for hydroxylation is 1. The molecule has 2 aromatic heterocycles. The Morgan fingerprint density at radius 2 is 1.92 bits per heavy atom. The molecule has 3 rings (SSSR count). The van der Waals surface area contributed by atoms with Crippen molar-refractivity contribution in [3.8, 4) is 11.3 Å². The fourth-order valence-corrected chi connectivity index (χ4v) is 2.41. The van der Waals surface area contributed by atoms with Crippen LogP contribution in [0.1, 0.15) is 17.3 Å². The van der Waals surface area contributed by atoms with Crippen LogP contribution in [0.2, 0.25) is 0 Å². The summed E-state index contributed by atoms with van der Waals surface area (Å²) in [5.41, 5.74) is 0.388. The first-order valence-corrected chi connectivity index (χ1v) is 7.86. The van der Waals surface area contributed by atoms with Gasteiger partial charge >= 0.3 is 0 Å². The molecule has 0 N–H and O–H groups in total. The summed E-state index contributed by atoms with van der Waals surface area (Å²) in [6, 6.07) is 13.5. The van der Waals surface area contributed by atoms with Crippen molar-refractivity contribution in [1.29, 1.82) is 0 Å². The first kappa shape index (κ1) is 16.8. The van der Waals surface area contributed by atoms with Gasteiger partial charge in [-0.2, -0.15) is 0 Å². The summed E-state index contributed by atoms with van der Waals surface area (Å²) in [6.07, 6.45) is 2.98. The van der Waals surface area contributed by atoms with Crippen molar-refractivity contribution >= 4 is 12.0 Å². The van der Waals surface area contributed by atoms with E-state index in [9.17, 15) is 9.18 Å². The normalized spacial score (nSPS) is 11.2. The third-order valence-corrected chi connectivity index (χ3v) is 3.72. The van der Waals surface area contributed by atoms with Gasteiger partial charge in [-0.25, -0.2) is 4.39 Å². The number of hydrogen-bond donors (Lipinski definition) is 0. The minimum absolute atomic E-state index is 0.183. The molecular weight excluding hydrogens is 321 g/mol. The number of carbonyl (C=O) groups is 1. The van der Waals surface area contributed by atoms with Crippen molar-refractivity contribution in [1.82, 2.24) is 4.90 Å². The van der Waals surface area contributed by atoms with Gasteiger partial charge in [0.05, 0.1) is 12.1 Å². The standard InChI is InChI=1S/C20H18FNO3/c1-14-7-8-16(24-14)13-22(2)20(23)12-10-15-9-11-19(25-15)17-5-3-4-6-18(17)21/h3-12H,13H2,1-2H3/b12-10+. The summed E-state index contributed by atoms with van der Waals surface area (Å²) in [6.45, 7) is 2.24. The molecule has 2 heterocycles. The number of halogens is 1. The molecule has 0 unspecified atom stereocenters. The molecule has 3 aromatic rings. The number of carbonyl (C=O) groups excluding carboxylic acids is 1. The van der Waals surface area contributed by atoms with Crippen LogP contribution < -0.4 is 0 Å². The van der Waals surface area contributed by atoms with Crippen LogP contribution in [0.5, 0.6) is 0 Å². The van der Waals surface area contributed by atoms with E-state index in [4.69, 9.17) is 8.83 Å². The lowest BCUT2D eigenvalue weighted by atomic mass is 10.1. The summed E-state index contributed by atoms with van der Waals surface area (Å²) >= 11 is 0. The van der Waals surface area contributed by atoms with E-state index in [1.54, 1.807) is 43.5 Å². The number of nitrogens with zero attached hydrogens (tertiary/aromatic N) is 1. The van der Waals surface area contributed by atoms with Crippen LogP contribution in [0.3, 0.4) is 0 Å². The molecule has 128 valence electrons. The lowest BCUT2D eigenvalue weighted by molar-refractivity contribution is -0.125. The zero-order valence-electron chi connectivity index (χ0n) is 14.0. The molecule has 0 saturated carbocycles. The maximum Gasteiger partial charge on any atom is 0.246 e. The van der Waals surface area contributed by atoms with E-state index < -0.39 is 0 Å². The molecule has 25 heavy (non-hydrogen) atoms. The molecule has 0 aliphatic heterocycles.